The highest BCUT2D eigenvalue weighted by molar-refractivity contribution is 7.21. The molecule has 0 N–H and O–H groups in total. The van der Waals surface area contributed by atoms with E-state index in [1.54, 1.807) is 0 Å². The second kappa shape index (κ2) is 7.58. The minimum absolute atomic E-state index is 0.394. The zero-order valence-electron chi connectivity index (χ0n) is 12.4. The van der Waals surface area contributed by atoms with Gasteiger partial charge in [-0.1, -0.05) is 67.2 Å². The van der Waals surface area contributed by atoms with E-state index in [0.29, 0.717) is 17.7 Å². The SMILES string of the molecule is C[Si](C(=O)CCCCCl)(c1ccccc1)c1ccccc1. The second-order valence-corrected chi connectivity index (χ2v) is 9.77. The summed E-state index contributed by atoms with van der Waals surface area (Å²) in [7, 11) is -2.34. The van der Waals surface area contributed by atoms with Gasteiger partial charge in [-0.15, -0.1) is 11.6 Å². The Morgan fingerprint density at radius 1 is 0.905 bits per heavy atom. The Kier molecular flexibility index (Phi) is 5.77. The normalized spacial score (nSPS) is 11.3. The van der Waals surface area contributed by atoms with E-state index in [0.717, 1.165) is 12.8 Å². The molecule has 0 unspecified atom stereocenters. The third kappa shape index (κ3) is 3.63. The number of carbonyl (C=O) groups is 1. The van der Waals surface area contributed by atoms with Crippen LogP contribution >= 0.6 is 11.6 Å². The van der Waals surface area contributed by atoms with E-state index in [4.69, 9.17) is 11.6 Å². The van der Waals surface area contributed by atoms with Crippen LogP contribution in [0.25, 0.3) is 0 Å². The molecule has 3 heteroatoms. The monoisotopic (exact) mass is 316 g/mol. The number of hydrogen-bond acceptors (Lipinski definition) is 1. The molecule has 0 saturated carbocycles. The lowest BCUT2D eigenvalue weighted by molar-refractivity contribution is -0.112. The molecule has 2 aromatic rings. The first-order chi connectivity index (χ1) is 10.2. The topological polar surface area (TPSA) is 17.1 Å². The molecule has 0 bridgehead atoms. The molecule has 0 radical (unpaired) electrons. The number of carbonyl (C=O) groups excluding carboxylic acids is 1. The molecule has 0 heterocycles. The highest BCUT2D eigenvalue weighted by Gasteiger charge is 2.38. The first kappa shape index (κ1) is 16.0. The van der Waals surface area contributed by atoms with E-state index in [1.807, 2.05) is 36.4 Å². The molecule has 0 spiro atoms. The van der Waals surface area contributed by atoms with E-state index >= 15 is 0 Å². The van der Waals surface area contributed by atoms with Crippen LogP contribution in [0.1, 0.15) is 19.3 Å². The first-order valence-corrected chi connectivity index (χ1v) is 10.4. The maximum absolute atomic E-state index is 13.0. The van der Waals surface area contributed by atoms with Crippen LogP contribution in [-0.2, 0) is 4.79 Å². The van der Waals surface area contributed by atoms with Gasteiger partial charge in [0.25, 0.3) is 0 Å². The third-order valence-corrected chi connectivity index (χ3v) is 8.66. The number of benzene rings is 2. The van der Waals surface area contributed by atoms with Crippen LogP contribution in [0.3, 0.4) is 0 Å². The molecule has 0 aromatic heterocycles. The van der Waals surface area contributed by atoms with Crippen LogP contribution in [0.15, 0.2) is 60.7 Å². The molecule has 0 saturated heterocycles. The lowest BCUT2D eigenvalue weighted by Gasteiger charge is -2.27. The molecular weight excluding hydrogens is 296 g/mol. The largest absolute Gasteiger partial charge is 0.305 e. The minimum atomic E-state index is -2.34. The molecule has 1 nitrogen and oxygen atoms in total. The second-order valence-electron chi connectivity index (χ2n) is 5.43. The maximum atomic E-state index is 13.0. The number of halogens is 1. The Morgan fingerprint density at radius 2 is 1.38 bits per heavy atom. The van der Waals surface area contributed by atoms with Crippen molar-refractivity contribution >= 4 is 35.5 Å². The summed E-state index contributed by atoms with van der Waals surface area (Å²) in [4.78, 5) is 13.0. The standard InChI is InChI=1S/C18H21ClOSi/c1-21(16-10-4-2-5-11-16,17-12-6-3-7-13-17)18(20)14-8-9-15-19/h2-7,10-13H,8-9,14-15H2,1H3. The lowest BCUT2D eigenvalue weighted by atomic mass is 10.3. The molecular formula is C18H21ClOSi. The predicted octanol–water partition coefficient (Wildman–Crippen LogP) is 3.40. The fraction of sp³-hybridized carbons (Fsp3) is 0.278. The summed E-state index contributed by atoms with van der Waals surface area (Å²) in [6.45, 7) is 2.17. The number of unbranched alkanes of at least 4 members (excludes halogenated alkanes) is 1. The van der Waals surface area contributed by atoms with Crippen molar-refractivity contribution in [3.63, 3.8) is 0 Å². The van der Waals surface area contributed by atoms with Crippen molar-refractivity contribution in [1.29, 1.82) is 0 Å². The Bertz CT molecular complexity index is 529. The summed E-state index contributed by atoms with van der Waals surface area (Å²) in [5.41, 5.74) is 0. The van der Waals surface area contributed by atoms with Crippen LogP contribution in [0.2, 0.25) is 6.55 Å². The van der Waals surface area contributed by atoms with Gasteiger partial charge in [0.1, 0.15) is 5.41 Å². The molecule has 0 atom stereocenters. The lowest BCUT2D eigenvalue weighted by Crippen LogP contribution is -2.62. The Morgan fingerprint density at radius 3 is 1.81 bits per heavy atom. The van der Waals surface area contributed by atoms with Gasteiger partial charge >= 0.3 is 0 Å². The molecule has 110 valence electrons. The zero-order chi connectivity index (χ0) is 15.1. The molecule has 0 fully saturated rings. The zero-order valence-corrected chi connectivity index (χ0v) is 14.1. The van der Waals surface area contributed by atoms with Crippen molar-refractivity contribution in [3.05, 3.63) is 60.7 Å². The Labute approximate surface area is 133 Å². The van der Waals surface area contributed by atoms with E-state index in [1.165, 1.54) is 10.4 Å². The van der Waals surface area contributed by atoms with Crippen molar-refractivity contribution < 1.29 is 4.79 Å². The van der Waals surface area contributed by atoms with Crippen molar-refractivity contribution in [2.45, 2.75) is 25.8 Å². The fourth-order valence-electron chi connectivity index (χ4n) is 2.66. The predicted molar refractivity (Wildman–Crippen MR) is 93.3 cm³/mol. The smallest absolute Gasteiger partial charge is 0.190 e. The van der Waals surface area contributed by atoms with Crippen LogP contribution < -0.4 is 10.4 Å². The summed E-state index contributed by atoms with van der Waals surface area (Å²) in [5, 5.41) is 2.77. The fourth-order valence-corrected chi connectivity index (χ4v) is 6.22. The molecule has 2 rings (SSSR count). The summed E-state index contributed by atoms with van der Waals surface area (Å²) >= 11 is 5.73. The van der Waals surface area contributed by atoms with Gasteiger partial charge in [-0.2, -0.15) is 0 Å². The van der Waals surface area contributed by atoms with Crippen LogP contribution in [0, 0.1) is 0 Å². The van der Waals surface area contributed by atoms with E-state index in [9.17, 15) is 4.79 Å². The first-order valence-electron chi connectivity index (χ1n) is 7.40. The Hall–Kier alpha value is -1.38. The average Bonchev–Trinajstić information content (AvgIpc) is 2.56. The quantitative estimate of drug-likeness (QED) is 0.435. The van der Waals surface area contributed by atoms with Gasteiger partial charge in [-0.05, 0) is 23.2 Å². The molecule has 0 aliphatic heterocycles. The van der Waals surface area contributed by atoms with E-state index < -0.39 is 8.07 Å². The number of rotatable bonds is 7. The van der Waals surface area contributed by atoms with Gasteiger partial charge in [0.15, 0.2) is 8.07 Å². The van der Waals surface area contributed by atoms with Gasteiger partial charge in [0.05, 0.1) is 0 Å². The Balaban J connectivity index is 2.38. The average molecular weight is 317 g/mol. The molecule has 0 aliphatic rings. The van der Waals surface area contributed by atoms with Crippen molar-refractivity contribution in [1.82, 2.24) is 0 Å². The van der Waals surface area contributed by atoms with Gasteiger partial charge in [0, 0.05) is 12.3 Å². The van der Waals surface area contributed by atoms with Gasteiger partial charge in [-0.3, -0.25) is 0 Å². The minimum Gasteiger partial charge on any atom is -0.305 e. The molecule has 0 amide bonds. The van der Waals surface area contributed by atoms with E-state index in [-0.39, 0.29) is 0 Å². The van der Waals surface area contributed by atoms with Crippen LogP contribution in [-0.4, -0.2) is 19.4 Å². The summed E-state index contributed by atoms with van der Waals surface area (Å²) in [6, 6.07) is 20.5. The number of alkyl halides is 1. The van der Waals surface area contributed by atoms with Crippen LogP contribution in [0.5, 0.6) is 0 Å². The van der Waals surface area contributed by atoms with Crippen LogP contribution in [0.4, 0.5) is 0 Å². The molecule has 21 heavy (non-hydrogen) atoms. The van der Waals surface area contributed by atoms with Gasteiger partial charge in [-0.25, -0.2) is 0 Å². The van der Waals surface area contributed by atoms with Crippen molar-refractivity contribution in [2.24, 2.45) is 0 Å². The highest BCUT2D eigenvalue weighted by atomic mass is 35.5. The third-order valence-electron chi connectivity index (χ3n) is 4.05. The van der Waals surface area contributed by atoms with E-state index in [2.05, 4.69) is 30.8 Å². The number of hydrogen-bond donors (Lipinski definition) is 0. The van der Waals surface area contributed by atoms with Gasteiger partial charge < -0.3 is 4.79 Å². The summed E-state index contributed by atoms with van der Waals surface area (Å²) in [6.07, 6.45) is 2.41. The maximum Gasteiger partial charge on any atom is 0.190 e. The van der Waals surface area contributed by atoms with Crippen molar-refractivity contribution in [2.75, 3.05) is 5.88 Å². The summed E-state index contributed by atoms with van der Waals surface area (Å²) < 4.78 is 0. The van der Waals surface area contributed by atoms with Crippen molar-refractivity contribution in [3.8, 4) is 0 Å². The molecule has 0 aliphatic carbocycles. The molecule has 2 aromatic carbocycles. The highest BCUT2D eigenvalue weighted by Crippen LogP contribution is 2.12. The van der Waals surface area contributed by atoms with Gasteiger partial charge in [0.2, 0.25) is 0 Å². The summed E-state index contributed by atoms with van der Waals surface area (Å²) in [5.74, 6) is 0.627.